The van der Waals surface area contributed by atoms with E-state index in [1.165, 1.54) is 12.1 Å². The Labute approximate surface area is 101 Å². The Morgan fingerprint density at radius 2 is 2.12 bits per heavy atom. The van der Waals surface area contributed by atoms with E-state index in [1.54, 1.807) is 13.8 Å². The van der Waals surface area contributed by atoms with Crippen molar-refractivity contribution >= 4 is 10.0 Å². The van der Waals surface area contributed by atoms with Crippen molar-refractivity contribution in [1.29, 1.82) is 0 Å². The van der Waals surface area contributed by atoms with E-state index in [2.05, 4.69) is 4.72 Å². The number of sulfonamides is 1. The van der Waals surface area contributed by atoms with Gasteiger partial charge in [0.05, 0.1) is 0 Å². The van der Waals surface area contributed by atoms with Crippen LogP contribution in [0.5, 0.6) is 0 Å². The lowest BCUT2D eigenvalue weighted by Crippen LogP contribution is -2.33. The van der Waals surface area contributed by atoms with Crippen LogP contribution < -0.4 is 4.72 Å². The minimum absolute atomic E-state index is 0.125. The maximum Gasteiger partial charge on any atom is 0.243 e. The number of hydrogen-bond donors (Lipinski definition) is 2. The highest BCUT2D eigenvalue weighted by molar-refractivity contribution is 7.89. The molecule has 96 valence electrons. The number of aryl methyl sites for hydroxylation is 1. The number of nitrogens with one attached hydrogen (secondary N) is 1. The molecule has 4 nitrogen and oxygen atoms in total. The highest BCUT2D eigenvalue weighted by Gasteiger charge is 2.21. The average molecular weight is 261 g/mol. The molecule has 0 amide bonds. The summed E-state index contributed by atoms with van der Waals surface area (Å²) < 4.78 is 39.5. The van der Waals surface area contributed by atoms with E-state index in [9.17, 15) is 12.8 Å². The smallest absolute Gasteiger partial charge is 0.243 e. The molecule has 1 aromatic rings. The van der Waals surface area contributed by atoms with Crippen LogP contribution >= 0.6 is 0 Å². The van der Waals surface area contributed by atoms with Crippen molar-refractivity contribution in [3.8, 4) is 0 Å². The normalized spacial score (nSPS) is 13.6. The topological polar surface area (TPSA) is 66.4 Å². The van der Waals surface area contributed by atoms with Crippen LogP contribution in [0.1, 0.15) is 18.9 Å². The van der Waals surface area contributed by atoms with E-state index in [0.717, 1.165) is 6.07 Å². The molecule has 0 fully saturated rings. The van der Waals surface area contributed by atoms with E-state index >= 15 is 0 Å². The average Bonchev–Trinajstić information content (AvgIpc) is 2.21. The van der Waals surface area contributed by atoms with Gasteiger partial charge in [-0.1, -0.05) is 6.07 Å². The molecule has 1 atom stereocenters. The molecule has 0 aliphatic rings. The molecule has 0 aromatic heterocycles. The van der Waals surface area contributed by atoms with Crippen LogP contribution in [0.4, 0.5) is 4.39 Å². The van der Waals surface area contributed by atoms with Gasteiger partial charge >= 0.3 is 0 Å². The van der Waals surface area contributed by atoms with Gasteiger partial charge in [-0.05, 0) is 38.0 Å². The minimum Gasteiger partial charge on any atom is -0.396 e. The van der Waals surface area contributed by atoms with Gasteiger partial charge in [-0.3, -0.25) is 0 Å². The Hall–Kier alpha value is -0.980. The predicted molar refractivity (Wildman–Crippen MR) is 62.6 cm³/mol. The monoisotopic (exact) mass is 261 g/mol. The summed E-state index contributed by atoms with van der Waals surface area (Å²) in [5.74, 6) is -0.778. The lowest BCUT2D eigenvalue weighted by atomic mass is 10.2. The molecule has 1 rings (SSSR count). The van der Waals surface area contributed by atoms with E-state index in [1.807, 2.05) is 0 Å². The molecule has 0 radical (unpaired) electrons. The first kappa shape index (κ1) is 14.1. The Bertz CT molecular complexity index is 487. The van der Waals surface area contributed by atoms with Gasteiger partial charge in [0, 0.05) is 12.6 Å². The van der Waals surface area contributed by atoms with Crippen LogP contribution in [0.25, 0.3) is 0 Å². The fraction of sp³-hybridized carbons (Fsp3) is 0.455. The van der Waals surface area contributed by atoms with E-state index in [0.29, 0.717) is 5.56 Å². The summed E-state index contributed by atoms with van der Waals surface area (Å²) >= 11 is 0. The summed E-state index contributed by atoms with van der Waals surface area (Å²) in [7, 11) is -3.87. The lowest BCUT2D eigenvalue weighted by molar-refractivity contribution is 0.275. The van der Waals surface area contributed by atoms with Gasteiger partial charge in [0.25, 0.3) is 0 Å². The SMILES string of the molecule is Cc1ccc(F)c(S(=O)(=O)NC(C)CCO)c1. The third kappa shape index (κ3) is 3.76. The molecule has 0 saturated carbocycles. The fourth-order valence-corrected chi connectivity index (χ4v) is 2.84. The summed E-state index contributed by atoms with van der Waals surface area (Å²) in [6.07, 6.45) is 0.284. The lowest BCUT2D eigenvalue weighted by Gasteiger charge is -2.13. The van der Waals surface area contributed by atoms with Crippen LogP contribution in [0.3, 0.4) is 0 Å². The van der Waals surface area contributed by atoms with Gasteiger partial charge in [0.1, 0.15) is 10.7 Å². The Morgan fingerprint density at radius 1 is 1.47 bits per heavy atom. The van der Waals surface area contributed by atoms with Crippen LogP contribution in [-0.2, 0) is 10.0 Å². The van der Waals surface area contributed by atoms with Crippen molar-refractivity contribution < 1.29 is 17.9 Å². The highest BCUT2D eigenvalue weighted by atomic mass is 32.2. The standard InChI is InChI=1S/C11H16FNO3S/c1-8-3-4-10(12)11(7-8)17(15,16)13-9(2)5-6-14/h3-4,7,9,13-14H,5-6H2,1-2H3. The van der Waals surface area contributed by atoms with Gasteiger partial charge in [-0.25, -0.2) is 17.5 Å². The highest BCUT2D eigenvalue weighted by Crippen LogP contribution is 2.16. The zero-order chi connectivity index (χ0) is 13.1. The number of aliphatic hydroxyl groups is 1. The summed E-state index contributed by atoms with van der Waals surface area (Å²) in [5, 5.41) is 8.69. The van der Waals surface area contributed by atoms with Crippen molar-refractivity contribution in [3.05, 3.63) is 29.6 Å². The van der Waals surface area contributed by atoms with Crippen LogP contribution in [0, 0.1) is 12.7 Å². The third-order valence-corrected chi connectivity index (χ3v) is 3.90. The molecular weight excluding hydrogens is 245 g/mol. The summed E-state index contributed by atoms with van der Waals surface area (Å²) in [5.41, 5.74) is 0.668. The quantitative estimate of drug-likeness (QED) is 0.836. The van der Waals surface area contributed by atoms with Gasteiger partial charge in [0.2, 0.25) is 10.0 Å². The molecule has 0 aliphatic heterocycles. The molecule has 1 unspecified atom stereocenters. The fourth-order valence-electron chi connectivity index (χ4n) is 1.40. The van der Waals surface area contributed by atoms with Gasteiger partial charge in [0.15, 0.2) is 0 Å². The maximum atomic E-state index is 13.4. The molecule has 6 heteroatoms. The number of rotatable bonds is 5. The van der Waals surface area contributed by atoms with E-state index < -0.39 is 21.9 Å². The maximum absolute atomic E-state index is 13.4. The zero-order valence-corrected chi connectivity index (χ0v) is 10.6. The molecule has 2 N–H and O–H groups in total. The molecule has 1 aromatic carbocycles. The largest absolute Gasteiger partial charge is 0.396 e. The number of aliphatic hydroxyl groups excluding tert-OH is 1. The number of benzene rings is 1. The summed E-state index contributed by atoms with van der Waals surface area (Å²) in [4.78, 5) is -0.359. The van der Waals surface area contributed by atoms with Crippen molar-refractivity contribution in [2.75, 3.05) is 6.61 Å². The van der Waals surface area contributed by atoms with Crippen molar-refractivity contribution in [2.24, 2.45) is 0 Å². The van der Waals surface area contributed by atoms with Crippen LogP contribution in [-0.4, -0.2) is 26.2 Å². The molecule has 0 aliphatic carbocycles. The Balaban J connectivity index is 3.01. The van der Waals surface area contributed by atoms with Gasteiger partial charge in [-0.15, -0.1) is 0 Å². The second-order valence-electron chi connectivity index (χ2n) is 3.97. The summed E-state index contributed by atoms with van der Waals surface area (Å²) in [6, 6.07) is 3.47. The van der Waals surface area contributed by atoms with Gasteiger partial charge < -0.3 is 5.11 Å². The molecular formula is C11H16FNO3S. The van der Waals surface area contributed by atoms with Crippen LogP contribution in [0.2, 0.25) is 0 Å². The number of halogens is 1. The minimum atomic E-state index is -3.87. The van der Waals surface area contributed by atoms with Crippen LogP contribution in [0.15, 0.2) is 23.1 Å². The van der Waals surface area contributed by atoms with Crippen molar-refractivity contribution in [1.82, 2.24) is 4.72 Å². The van der Waals surface area contributed by atoms with Gasteiger partial charge in [-0.2, -0.15) is 0 Å². The predicted octanol–water partition coefficient (Wildman–Crippen LogP) is 1.18. The molecule has 0 spiro atoms. The zero-order valence-electron chi connectivity index (χ0n) is 9.77. The summed E-state index contributed by atoms with van der Waals surface area (Å²) in [6.45, 7) is 3.18. The third-order valence-electron chi connectivity index (χ3n) is 2.29. The molecule has 0 heterocycles. The second-order valence-corrected chi connectivity index (χ2v) is 5.65. The molecule has 17 heavy (non-hydrogen) atoms. The second kappa shape index (κ2) is 5.57. The molecule has 0 bridgehead atoms. The first-order chi connectivity index (χ1) is 7.86. The Kier molecular flexibility index (Phi) is 4.62. The first-order valence-electron chi connectivity index (χ1n) is 5.26. The first-order valence-corrected chi connectivity index (χ1v) is 6.74. The van der Waals surface area contributed by atoms with Crippen molar-refractivity contribution in [3.63, 3.8) is 0 Å². The van der Waals surface area contributed by atoms with E-state index in [4.69, 9.17) is 5.11 Å². The van der Waals surface area contributed by atoms with Crippen molar-refractivity contribution in [2.45, 2.75) is 31.2 Å². The number of hydrogen-bond acceptors (Lipinski definition) is 3. The Morgan fingerprint density at radius 3 is 2.71 bits per heavy atom. The molecule has 0 saturated heterocycles. The van der Waals surface area contributed by atoms with E-state index in [-0.39, 0.29) is 17.9 Å².